The number of rotatable bonds is 4. The van der Waals surface area contributed by atoms with Crippen molar-refractivity contribution in [1.82, 2.24) is 9.88 Å². The lowest BCUT2D eigenvalue weighted by atomic mass is 9.81. The van der Waals surface area contributed by atoms with E-state index in [1.54, 1.807) is 11.3 Å². The molecule has 0 bridgehead atoms. The van der Waals surface area contributed by atoms with E-state index in [2.05, 4.69) is 9.88 Å². The van der Waals surface area contributed by atoms with Crippen LogP contribution < -0.4 is 0 Å². The first-order chi connectivity index (χ1) is 11.1. The third-order valence-corrected chi connectivity index (χ3v) is 6.22. The second-order valence-electron chi connectivity index (χ2n) is 6.72. The van der Waals surface area contributed by atoms with E-state index in [0.29, 0.717) is 19.0 Å². The molecule has 2 aromatic heterocycles. The van der Waals surface area contributed by atoms with Crippen LogP contribution in [0.1, 0.15) is 30.7 Å². The van der Waals surface area contributed by atoms with Crippen LogP contribution in [0.3, 0.4) is 0 Å². The Morgan fingerprint density at radius 1 is 1.61 bits per heavy atom. The fraction of sp³-hybridized carbons (Fsp3) is 0.529. The van der Waals surface area contributed by atoms with Crippen LogP contribution in [0.4, 0.5) is 0 Å². The van der Waals surface area contributed by atoms with Crippen molar-refractivity contribution in [2.45, 2.75) is 32.7 Å². The number of aliphatic carboxylic acids is 1. The zero-order valence-electron chi connectivity index (χ0n) is 13.1. The molecular formula is C17H20N2O3S. The summed E-state index contributed by atoms with van der Waals surface area (Å²) in [7, 11) is 0. The highest BCUT2D eigenvalue weighted by Gasteiger charge is 2.54. The molecule has 5 nitrogen and oxygen atoms in total. The number of nitrogens with zero attached hydrogens (tertiary/aromatic N) is 2. The number of fused-ring (bicyclic) bond motifs is 1. The summed E-state index contributed by atoms with van der Waals surface area (Å²) in [6, 6.07) is 3.98. The van der Waals surface area contributed by atoms with E-state index in [4.69, 9.17) is 4.42 Å². The molecule has 0 aromatic carbocycles. The van der Waals surface area contributed by atoms with Crippen molar-refractivity contribution in [3.05, 3.63) is 29.0 Å². The lowest BCUT2D eigenvalue weighted by Gasteiger charge is -2.23. The van der Waals surface area contributed by atoms with E-state index in [1.165, 1.54) is 0 Å². The average molecular weight is 332 g/mol. The van der Waals surface area contributed by atoms with Gasteiger partial charge >= 0.3 is 5.97 Å². The molecule has 1 saturated carbocycles. The second kappa shape index (κ2) is 5.46. The molecule has 1 N–H and O–H groups in total. The molecule has 1 aliphatic carbocycles. The molecule has 0 amide bonds. The number of hydrogen-bond acceptors (Lipinski definition) is 5. The van der Waals surface area contributed by atoms with Crippen LogP contribution in [0.5, 0.6) is 0 Å². The van der Waals surface area contributed by atoms with Crippen LogP contribution in [-0.2, 0) is 11.3 Å². The highest BCUT2D eigenvalue weighted by molar-refractivity contribution is 7.13. The van der Waals surface area contributed by atoms with Crippen LogP contribution in [0, 0.1) is 18.3 Å². The van der Waals surface area contributed by atoms with E-state index < -0.39 is 11.4 Å². The Kier molecular flexibility index (Phi) is 3.54. The number of likely N-dealkylation sites (tertiary alicyclic amines) is 1. The summed E-state index contributed by atoms with van der Waals surface area (Å²) in [5, 5.41) is 11.7. The fourth-order valence-corrected chi connectivity index (χ4v) is 4.80. The minimum absolute atomic E-state index is 0.281. The maximum atomic E-state index is 11.8. The van der Waals surface area contributed by atoms with Gasteiger partial charge in [-0.1, -0.05) is 12.5 Å². The van der Waals surface area contributed by atoms with Gasteiger partial charge in [0, 0.05) is 19.6 Å². The summed E-state index contributed by atoms with van der Waals surface area (Å²) < 4.78 is 5.79. The first kappa shape index (κ1) is 14.9. The predicted octanol–water partition coefficient (Wildman–Crippen LogP) is 3.40. The van der Waals surface area contributed by atoms with Crippen molar-refractivity contribution < 1.29 is 14.3 Å². The van der Waals surface area contributed by atoms with Gasteiger partial charge in [-0.25, -0.2) is 4.98 Å². The summed E-state index contributed by atoms with van der Waals surface area (Å²) in [6.07, 6.45) is 2.87. The Labute approximate surface area is 138 Å². The SMILES string of the molecule is Cc1oc(-c2cccs2)nc1CN1C[C@@H]2CCC[C@@]2(C(=O)O)C1. The number of aromatic nitrogens is 1. The van der Waals surface area contributed by atoms with Gasteiger partial charge in [0.05, 0.1) is 16.0 Å². The van der Waals surface area contributed by atoms with Crippen LogP contribution in [0.15, 0.2) is 21.9 Å². The molecule has 0 spiro atoms. The fourth-order valence-electron chi connectivity index (χ4n) is 4.16. The monoisotopic (exact) mass is 332 g/mol. The van der Waals surface area contributed by atoms with Gasteiger partial charge in [0.15, 0.2) is 0 Å². The minimum Gasteiger partial charge on any atom is -0.481 e. The maximum Gasteiger partial charge on any atom is 0.311 e. The molecule has 1 saturated heterocycles. The lowest BCUT2D eigenvalue weighted by molar-refractivity contribution is -0.149. The van der Waals surface area contributed by atoms with Gasteiger partial charge in [0.25, 0.3) is 0 Å². The Morgan fingerprint density at radius 2 is 2.48 bits per heavy atom. The quantitative estimate of drug-likeness (QED) is 0.929. The van der Waals surface area contributed by atoms with Crippen molar-refractivity contribution in [3.63, 3.8) is 0 Å². The van der Waals surface area contributed by atoms with Crippen molar-refractivity contribution in [2.75, 3.05) is 13.1 Å². The predicted molar refractivity (Wildman–Crippen MR) is 87.2 cm³/mol. The summed E-state index contributed by atoms with van der Waals surface area (Å²) >= 11 is 1.61. The van der Waals surface area contributed by atoms with E-state index in [1.807, 2.05) is 24.4 Å². The summed E-state index contributed by atoms with van der Waals surface area (Å²) in [4.78, 5) is 19.7. The molecule has 0 unspecified atom stereocenters. The highest BCUT2D eigenvalue weighted by Crippen LogP contribution is 2.49. The topological polar surface area (TPSA) is 66.6 Å². The molecule has 2 atom stereocenters. The van der Waals surface area contributed by atoms with Gasteiger partial charge in [0.1, 0.15) is 5.76 Å². The Morgan fingerprint density at radius 3 is 3.17 bits per heavy atom. The van der Waals surface area contributed by atoms with E-state index >= 15 is 0 Å². The Bertz CT molecular complexity index is 724. The van der Waals surface area contributed by atoms with Crippen LogP contribution >= 0.6 is 11.3 Å². The number of carbonyl (C=O) groups is 1. The van der Waals surface area contributed by atoms with Crippen molar-refractivity contribution in [2.24, 2.45) is 11.3 Å². The smallest absolute Gasteiger partial charge is 0.311 e. The number of carboxylic acid groups (broad SMARTS) is 1. The van der Waals surface area contributed by atoms with Crippen LogP contribution in [-0.4, -0.2) is 34.0 Å². The molecule has 1 aliphatic heterocycles. The van der Waals surface area contributed by atoms with Crippen LogP contribution in [0.2, 0.25) is 0 Å². The van der Waals surface area contributed by atoms with E-state index in [9.17, 15) is 9.90 Å². The number of carboxylic acids is 1. The Hall–Kier alpha value is -1.66. The Balaban J connectivity index is 1.53. The first-order valence-electron chi connectivity index (χ1n) is 8.04. The molecule has 3 heterocycles. The summed E-state index contributed by atoms with van der Waals surface area (Å²) in [6.45, 7) is 4.09. The van der Waals surface area contributed by atoms with Gasteiger partial charge < -0.3 is 9.52 Å². The molecule has 6 heteroatoms. The molecule has 2 aromatic rings. The standard InChI is InChI=1S/C17H20N2O3S/c1-11-13(18-15(22-11)14-5-3-7-23-14)9-19-8-12-4-2-6-17(12,10-19)16(20)21/h3,5,7,12H,2,4,6,8-10H2,1H3,(H,20,21)/t12-,17+/m0/s1. The van der Waals surface area contributed by atoms with Gasteiger partial charge in [-0.3, -0.25) is 9.69 Å². The molecule has 23 heavy (non-hydrogen) atoms. The summed E-state index contributed by atoms with van der Waals surface area (Å²) in [5.74, 6) is 1.15. The molecule has 122 valence electrons. The minimum atomic E-state index is -0.626. The molecular weight excluding hydrogens is 312 g/mol. The van der Waals surface area contributed by atoms with Crippen molar-refractivity contribution in [1.29, 1.82) is 0 Å². The molecule has 4 rings (SSSR count). The highest BCUT2D eigenvalue weighted by atomic mass is 32.1. The van der Waals surface area contributed by atoms with Crippen molar-refractivity contribution >= 4 is 17.3 Å². The van der Waals surface area contributed by atoms with Gasteiger partial charge in [0.2, 0.25) is 5.89 Å². The lowest BCUT2D eigenvalue weighted by Crippen LogP contribution is -2.35. The van der Waals surface area contributed by atoms with Gasteiger partial charge in [-0.2, -0.15) is 0 Å². The second-order valence-corrected chi connectivity index (χ2v) is 7.67. The number of oxazole rings is 1. The zero-order chi connectivity index (χ0) is 16.0. The van der Waals surface area contributed by atoms with E-state index in [0.717, 1.165) is 42.1 Å². The maximum absolute atomic E-state index is 11.8. The summed E-state index contributed by atoms with van der Waals surface area (Å²) in [5.41, 5.74) is 0.391. The third kappa shape index (κ3) is 2.40. The molecule has 0 radical (unpaired) electrons. The van der Waals surface area contributed by atoms with E-state index in [-0.39, 0.29) is 5.92 Å². The van der Waals surface area contributed by atoms with Crippen LogP contribution in [0.25, 0.3) is 10.8 Å². The largest absolute Gasteiger partial charge is 0.481 e. The number of hydrogen-bond donors (Lipinski definition) is 1. The first-order valence-corrected chi connectivity index (χ1v) is 8.92. The zero-order valence-corrected chi connectivity index (χ0v) is 13.9. The third-order valence-electron chi connectivity index (χ3n) is 5.37. The van der Waals surface area contributed by atoms with Gasteiger partial charge in [-0.05, 0) is 37.1 Å². The number of thiophene rings is 1. The normalized spacial score (nSPS) is 27.4. The number of aryl methyl sites for hydroxylation is 1. The molecule has 2 aliphatic rings. The van der Waals surface area contributed by atoms with Gasteiger partial charge in [-0.15, -0.1) is 11.3 Å². The van der Waals surface area contributed by atoms with Crippen molar-refractivity contribution in [3.8, 4) is 10.8 Å². The average Bonchev–Trinajstić information content (AvgIpc) is 3.23. The molecule has 2 fully saturated rings.